The summed E-state index contributed by atoms with van der Waals surface area (Å²) in [7, 11) is 0. The van der Waals surface area contributed by atoms with E-state index in [0.717, 1.165) is 6.07 Å². The summed E-state index contributed by atoms with van der Waals surface area (Å²) in [4.78, 5) is 23.7. The maximum Gasteiger partial charge on any atom is 0.321 e. The molecular weight excluding hydrogens is 273 g/mol. The maximum absolute atomic E-state index is 13.6. The fourth-order valence-corrected chi connectivity index (χ4v) is 1.91. The van der Waals surface area contributed by atoms with Gasteiger partial charge in [0, 0.05) is 5.02 Å². The zero-order chi connectivity index (χ0) is 14.0. The topological polar surface area (TPSA) is 55.4 Å². The molecule has 0 aliphatic heterocycles. The second-order valence-electron chi connectivity index (χ2n) is 4.38. The number of carbonyl (C=O) groups excluding carboxylic acids is 2. The van der Waals surface area contributed by atoms with Gasteiger partial charge in [-0.05, 0) is 38.0 Å². The molecule has 1 fully saturated rings. The van der Waals surface area contributed by atoms with Crippen LogP contribution in [0.3, 0.4) is 0 Å². The normalized spacial score (nSPS) is 15.7. The lowest BCUT2D eigenvalue weighted by atomic mass is 10.1. The van der Waals surface area contributed by atoms with Crippen LogP contribution >= 0.6 is 11.6 Å². The van der Waals surface area contributed by atoms with Gasteiger partial charge in [0.2, 0.25) is 5.91 Å². The molecule has 1 saturated carbocycles. The van der Waals surface area contributed by atoms with Crippen molar-refractivity contribution in [3.63, 3.8) is 0 Å². The van der Waals surface area contributed by atoms with E-state index in [1.165, 1.54) is 12.1 Å². The fourth-order valence-electron chi connectivity index (χ4n) is 1.75. The van der Waals surface area contributed by atoms with Gasteiger partial charge in [0.25, 0.3) is 0 Å². The lowest BCUT2D eigenvalue weighted by Gasteiger charge is -2.14. The summed E-state index contributed by atoms with van der Waals surface area (Å²) in [6, 6.07) is 3.92. The summed E-state index contributed by atoms with van der Waals surface area (Å²) in [5, 5.41) is 2.64. The number of nitrogens with one attached hydrogen (secondary N) is 1. The van der Waals surface area contributed by atoms with Gasteiger partial charge >= 0.3 is 5.97 Å². The van der Waals surface area contributed by atoms with Crippen LogP contribution in [-0.4, -0.2) is 18.5 Å². The van der Waals surface area contributed by atoms with Gasteiger partial charge in [-0.25, -0.2) is 4.39 Å². The molecule has 2 rings (SSSR count). The molecule has 19 heavy (non-hydrogen) atoms. The highest BCUT2D eigenvalue weighted by Gasteiger charge is 2.58. The Kier molecular flexibility index (Phi) is 3.75. The molecule has 1 N–H and O–H groups in total. The number of carbonyl (C=O) groups is 2. The Labute approximate surface area is 114 Å². The second-order valence-corrected chi connectivity index (χ2v) is 4.82. The van der Waals surface area contributed by atoms with E-state index in [1.807, 2.05) is 0 Å². The van der Waals surface area contributed by atoms with Crippen molar-refractivity contribution in [2.24, 2.45) is 5.41 Å². The minimum atomic E-state index is -1.15. The molecule has 0 bridgehead atoms. The van der Waals surface area contributed by atoms with Crippen LogP contribution < -0.4 is 5.32 Å². The third-order valence-electron chi connectivity index (χ3n) is 3.03. The van der Waals surface area contributed by atoms with Crippen molar-refractivity contribution in [1.82, 2.24) is 0 Å². The molecule has 1 aromatic rings. The lowest BCUT2D eigenvalue weighted by Crippen LogP contribution is -2.33. The Morgan fingerprint density at radius 1 is 1.47 bits per heavy atom. The second kappa shape index (κ2) is 5.17. The maximum atomic E-state index is 13.6. The molecule has 1 amide bonds. The highest BCUT2D eigenvalue weighted by molar-refractivity contribution is 6.30. The first-order valence-corrected chi connectivity index (χ1v) is 6.31. The van der Waals surface area contributed by atoms with Gasteiger partial charge in [0.15, 0.2) is 0 Å². The largest absolute Gasteiger partial charge is 0.465 e. The van der Waals surface area contributed by atoms with Crippen LogP contribution in [0.4, 0.5) is 10.1 Å². The summed E-state index contributed by atoms with van der Waals surface area (Å²) in [5.41, 5.74) is -1.15. The van der Waals surface area contributed by atoms with Crippen molar-refractivity contribution in [3.8, 4) is 0 Å². The number of hydrogen-bond acceptors (Lipinski definition) is 3. The SMILES string of the molecule is CCOC(=O)C1(C(=O)Nc2ccc(Cl)cc2F)CC1. The quantitative estimate of drug-likeness (QED) is 0.683. The first-order chi connectivity index (χ1) is 8.99. The first kappa shape index (κ1) is 13.8. The number of amides is 1. The number of hydrogen-bond donors (Lipinski definition) is 1. The average molecular weight is 286 g/mol. The Hall–Kier alpha value is -1.62. The molecule has 0 unspecified atom stereocenters. The molecule has 0 aromatic heterocycles. The predicted octanol–water partition coefficient (Wildman–Crippen LogP) is 2.76. The average Bonchev–Trinajstić information content (AvgIpc) is 3.14. The molecule has 1 aliphatic rings. The minimum Gasteiger partial charge on any atom is -0.465 e. The summed E-state index contributed by atoms with van der Waals surface area (Å²) in [6.07, 6.45) is 0.847. The summed E-state index contributed by atoms with van der Waals surface area (Å²) in [6.45, 7) is 1.88. The zero-order valence-electron chi connectivity index (χ0n) is 10.3. The van der Waals surface area contributed by atoms with Crippen molar-refractivity contribution >= 4 is 29.2 Å². The predicted molar refractivity (Wildman–Crippen MR) is 68.3 cm³/mol. The van der Waals surface area contributed by atoms with Crippen LogP contribution in [0.1, 0.15) is 19.8 Å². The molecule has 1 aromatic carbocycles. The van der Waals surface area contributed by atoms with Crippen LogP contribution in [0.5, 0.6) is 0 Å². The standard InChI is InChI=1S/C13H13ClFNO3/c1-2-19-12(18)13(5-6-13)11(17)16-10-4-3-8(14)7-9(10)15/h3-4,7H,2,5-6H2,1H3,(H,16,17). The van der Waals surface area contributed by atoms with Gasteiger partial charge in [0.05, 0.1) is 12.3 Å². The number of anilines is 1. The van der Waals surface area contributed by atoms with E-state index in [1.54, 1.807) is 6.92 Å². The first-order valence-electron chi connectivity index (χ1n) is 5.93. The van der Waals surface area contributed by atoms with E-state index in [2.05, 4.69) is 5.32 Å². The molecule has 102 valence electrons. The van der Waals surface area contributed by atoms with E-state index in [0.29, 0.717) is 12.8 Å². The highest BCUT2D eigenvalue weighted by Crippen LogP contribution is 2.47. The molecule has 1 aliphatic carbocycles. The molecule has 0 radical (unpaired) electrons. The number of rotatable bonds is 4. The molecule has 0 atom stereocenters. The summed E-state index contributed by atoms with van der Waals surface area (Å²) < 4.78 is 18.4. The van der Waals surface area contributed by atoms with Gasteiger partial charge in [-0.2, -0.15) is 0 Å². The Morgan fingerprint density at radius 3 is 2.68 bits per heavy atom. The molecule has 4 nitrogen and oxygen atoms in total. The molecule has 6 heteroatoms. The van der Waals surface area contributed by atoms with Gasteiger partial charge in [-0.3, -0.25) is 9.59 Å². The van der Waals surface area contributed by atoms with E-state index < -0.39 is 23.1 Å². The summed E-state index contributed by atoms with van der Waals surface area (Å²) >= 11 is 5.62. The van der Waals surface area contributed by atoms with Gasteiger partial charge in [0.1, 0.15) is 11.2 Å². The van der Waals surface area contributed by atoms with Crippen LogP contribution in [0, 0.1) is 11.2 Å². The van der Waals surface area contributed by atoms with Crippen molar-refractivity contribution in [1.29, 1.82) is 0 Å². The Balaban J connectivity index is 2.11. The highest BCUT2D eigenvalue weighted by atomic mass is 35.5. The molecule has 0 spiro atoms. The van der Waals surface area contributed by atoms with Gasteiger partial charge < -0.3 is 10.1 Å². The summed E-state index contributed by atoms with van der Waals surface area (Å²) in [5.74, 6) is -1.73. The van der Waals surface area contributed by atoms with Crippen molar-refractivity contribution < 1.29 is 18.7 Å². The number of halogens is 2. The third kappa shape index (κ3) is 2.71. The Bertz CT molecular complexity index is 529. The van der Waals surface area contributed by atoms with Crippen LogP contribution in [0.15, 0.2) is 18.2 Å². The molecular formula is C13H13ClFNO3. The third-order valence-corrected chi connectivity index (χ3v) is 3.27. The van der Waals surface area contributed by atoms with Crippen LogP contribution in [-0.2, 0) is 14.3 Å². The van der Waals surface area contributed by atoms with E-state index in [4.69, 9.17) is 16.3 Å². The van der Waals surface area contributed by atoms with Crippen molar-refractivity contribution in [2.75, 3.05) is 11.9 Å². The lowest BCUT2D eigenvalue weighted by molar-refractivity contribution is -0.152. The number of esters is 1. The van der Waals surface area contributed by atoms with E-state index in [-0.39, 0.29) is 17.3 Å². The van der Waals surface area contributed by atoms with Crippen molar-refractivity contribution in [2.45, 2.75) is 19.8 Å². The van der Waals surface area contributed by atoms with Crippen LogP contribution in [0.25, 0.3) is 0 Å². The Morgan fingerprint density at radius 2 is 2.16 bits per heavy atom. The van der Waals surface area contributed by atoms with E-state index >= 15 is 0 Å². The minimum absolute atomic E-state index is 0.00461. The zero-order valence-corrected chi connectivity index (χ0v) is 11.1. The van der Waals surface area contributed by atoms with Gasteiger partial charge in [-0.15, -0.1) is 0 Å². The monoisotopic (exact) mass is 285 g/mol. The van der Waals surface area contributed by atoms with Crippen LogP contribution in [0.2, 0.25) is 5.02 Å². The molecule has 0 heterocycles. The van der Waals surface area contributed by atoms with E-state index in [9.17, 15) is 14.0 Å². The molecule has 0 saturated heterocycles. The fraction of sp³-hybridized carbons (Fsp3) is 0.385. The van der Waals surface area contributed by atoms with Crippen molar-refractivity contribution in [3.05, 3.63) is 29.0 Å². The van der Waals surface area contributed by atoms with Gasteiger partial charge in [-0.1, -0.05) is 11.6 Å². The number of benzene rings is 1. The smallest absolute Gasteiger partial charge is 0.321 e. The number of ether oxygens (including phenoxy) is 1.